The van der Waals surface area contributed by atoms with Gasteiger partial charge in [-0.1, -0.05) is 37.6 Å². The summed E-state index contributed by atoms with van der Waals surface area (Å²) in [6.45, 7) is 0. The van der Waals surface area contributed by atoms with Crippen LogP contribution in [0.1, 0.15) is 12.8 Å². The molecule has 116 valence electrons. The Labute approximate surface area is 117 Å². The van der Waals surface area contributed by atoms with Gasteiger partial charge in [0.2, 0.25) is 0 Å². The summed E-state index contributed by atoms with van der Waals surface area (Å²) in [5, 5.41) is -2.95. The van der Waals surface area contributed by atoms with Crippen LogP contribution in [0.5, 0.6) is 0 Å². The Bertz CT molecular complexity index is 635. The highest BCUT2D eigenvalue weighted by Crippen LogP contribution is 3.02. The molecule has 0 unspecified atom stereocenters. The van der Waals surface area contributed by atoms with Crippen LogP contribution in [0.25, 0.3) is 0 Å². The van der Waals surface area contributed by atoms with E-state index < -0.39 is 42.4 Å². The summed E-state index contributed by atoms with van der Waals surface area (Å²) in [7, 11) is -14.0. The Morgan fingerprint density at radius 2 is 1.50 bits per heavy atom. The number of rotatable bonds is 3. The van der Waals surface area contributed by atoms with Crippen molar-refractivity contribution in [3.63, 3.8) is 0 Å². The summed E-state index contributed by atoms with van der Waals surface area (Å²) in [6, 6.07) is 6.57. The second kappa shape index (κ2) is 3.61. The lowest BCUT2D eigenvalue weighted by Gasteiger charge is -2.55. The molecule has 2 nitrogen and oxygen atoms in total. The summed E-state index contributed by atoms with van der Waals surface area (Å²) >= 11 is 5.66. The van der Waals surface area contributed by atoms with E-state index in [-0.39, 0.29) is 4.90 Å². The minimum atomic E-state index is -9.70. The van der Waals surface area contributed by atoms with Crippen LogP contribution < -0.4 is 0 Å². The molecule has 1 fully saturated rings. The molecule has 20 heavy (non-hydrogen) atoms. The summed E-state index contributed by atoms with van der Waals surface area (Å²) < 4.78 is 84.6. The van der Waals surface area contributed by atoms with Crippen LogP contribution in [0.2, 0.25) is 0 Å². The van der Waals surface area contributed by atoms with Crippen LogP contribution in [0.15, 0.2) is 35.2 Å². The van der Waals surface area contributed by atoms with Crippen LogP contribution in [0.4, 0.5) is 19.4 Å². The first-order chi connectivity index (χ1) is 8.66. The van der Waals surface area contributed by atoms with E-state index in [2.05, 4.69) is 0 Å². The third kappa shape index (κ3) is 2.62. The van der Waals surface area contributed by atoms with Crippen molar-refractivity contribution in [2.24, 2.45) is 0 Å². The molecular formula is C10H10ClF5O2S2. The van der Waals surface area contributed by atoms with Crippen molar-refractivity contribution in [2.45, 2.75) is 27.2 Å². The minimum Gasteiger partial charge on any atom is -0.222 e. The van der Waals surface area contributed by atoms with Gasteiger partial charge in [-0.3, -0.25) is 0 Å². The Balaban J connectivity index is 2.31. The minimum absolute atomic E-state index is 0.282. The van der Waals surface area contributed by atoms with E-state index in [4.69, 9.17) is 11.6 Å². The van der Waals surface area contributed by atoms with Crippen molar-refractivity contribution in [3.8, 4) is 0 Å². The molecule has 0 heterocycles. The SMILES string of the molecule is O=S(=O)(c1ccccc1)C1(Cl)CC(S(F)(F)(F)(F)F)C1. The summed E-state index contributed by atoms with van der Waals surface area (Å²) in [5.41, 5.74) is 0. The zero-order valence-corrected chi connectivity index (χ0v) is 12.2. The quantitative estimate of drug-likeness (QED) is 0.572. The van der Waals surface area contributed by atoms with Gasteiger partial charge in [-0.15, -0.1) is 11.6 Å². The molecular weight excluding hydrogens is 347 g/mol. The monoisotopic (exact) mass is 356 g/mol. The van der Waals surface area contributed by atoms with E-state index in [0.717, 1.165) is 12.1 Å². The molecule has 0 aromatic heterocycles. The zero-order valence-electron chi connectivity index (χ0n) is 9.78. The smallest absolute Gasteiger partial charge is 0.222 e. The molecule has 1 aromatic carbocycles. The summed E-state index contributed by atoms with van der Waals surface area (Å²) in [5.74, 6) is 0. The third-order valence-corrected chi connectivity index (χ3v) is 7.93. The number of alkyl halides is 1. The molecule has 0 radical (unpaired) electrons. The fourth-order valence-corrected chi connectivity index (χ4v) is 5.98. The van der Waals surface area contributed by atoms with Gasteiger partial charge in [0.15, 0.2) is 14.0 Å². The van der Waals surface area contributed by atoms with E-state index in [9.17, 15) is 27.8 Å². The lowest BCUT2D eigenvalue weighted by molar-refractivity contribution is 0.291. The molecule has 1 aromatic rings. The Morgan fingerprint density at radius 3 is 1.90 bits per heavy atom. The fraction of sp³-hybridized carbons (Fsp3) is 0.400. The third-order valence-electron chi connectivity index (χ3n) is 3.23. The molecule has 0 atom stereocenters. The van der Waals surface area contributed by atoms with Gasteiger partial charge in [0.25, 0.3) is 10.2 Å². The van der Waals surface area contributed by atoms with Gasteiger partial charge in [-0.05, 0) is 12.1 Å². The normalized spacial score (nSPS) is 31.0. The van der Waals surface area contributed by atoms with Crippen LogP contribution in [0, 0.1) is 0 Å². The second-order valence-electron chi connectivity index (χ2n) is 4.76. The lowest BCUT2D eigenvalue weighted by Crippen LogP contribution is -2.52. The van der Waals surface area contributed by atoms with Gasteiger partial charge < -0.3 is 0 Å². The highest BCUT2D eigenvalue weighted by Gasteiger charge is 2.77. The Hall–Kier alpha value is -0.540. The van der Waals surface area contributed by atoms with Crippen LogP contribution in [-0.2, 0) is 9.84 Å². The van der Waals surface area contributed by atoms with Crippen molar-refractivity contribution in [1.29, 1.82) is 0 Å². The number of hydrogen-bond acceptors (Lipinski definition) is 2. The first-order valence-electron chi connectivity index (χ1n) is 5.37. The van der Waals surface area contributed by atoms with Gasteiger partial charge >= 0.3 is 0 Å². The molecule has 10 heteroatoms. The number of benzene rings is 1. The number of sulfone groups is 1. The largest absolute Gasteiger partial charge is 0.288 e. The van der Waals surface area contributed by atoms with Gasteiger partial charge in [-0.2, -0.15) is 0 Å². The average molecular weight is 357 g/mol. The fourth-order valence-electron chi connectivity index (χ4n) is 1.97. The zero-order chi connectivity index (χ0) is 15.5. The maximum atomic E-state index is 12.5. The van der Waals surface area contributed by atoms with E-state index in [1.807, 2.05) is 0 Å². The molecule has 0 spiro atoms. The van der Waals surface area contributed by atoms with Crippen molar-refractivity contribution in [2.75, 3.05) is 0 Å². The van der Waals surface area contributed by atoms with Crippen molar-refractivity contribution in [3.05, 3.63) is 30.3 Å². The molecule has 2 rings (SSSR count). The number of halogens is 6. The van der Waals surface area contributed by atoms with Crippen LogP contribution in [0.3, 0.4) is 0 Å². The Kier molecular flexibility index (Phi) is 2.86. The molecule has 0 bridgehead atoms. The predicted molar refractivity (Wildman–Crippen MR) is 68.4 cm³/mol. The molecule has 0 amide bonds. The van der Waals surface area contributed by atoms with E-state index in [0.29, 0.717) is 0 Å². The standard InChI is InChI=1S/C10H10ClF5O2S2/c11-10(6-9(7-10)20(12,13,14,15)16)19(17,18)8-4-2-1-3-5-8/h1-5,9H,6-7H2. The van der Waals surface area contributed by atoms with E-state index in [1.54, 1.807) is 0 Å². The molecule has 0 aliphatic heterocycles. The van der Waals surface area contributed by atoms with Crippen LogP contribution >= 0.6 is 21.8 Å². The van der Waals surface area contributed by atoms with Crippen molar-refractivity contribution in [1.82, 2.24) is 0 Å². The first kappa shape index (κ1) is 15.8. The second-order valence-corrected chi connectivity index (χ2v) is 10.7. The van der Waals surface area contributed by atoms with Gasteiger partial charge in [0.1, 0.15) is 5.25 Å². The van der Waals surface area contributed by atoms with E-state index >= 15 is 0 Å². The van der Waals surface area contributed by atoms with E-state index in [1.165, 1.54) is 18.2 Å². The van der Waals surface area contributed by atoms with Crippen LogP contribution in [-0.4, -0.2) is 17.9 Å². The highest BCUT2D eigenvalue weighted by molar-refractivity contribution is 8.46. The molecule has 1 aliphatic rings. The average Bonchev–Trinajstić information content (AvgIpc) is 2.22. The summed E-state index contributed by atoms with van der Waals surface area (Å²) in [4.78, 5) is -0.282. The van der Waals surface area contributed by atoms with Gasteiger partial charge in [-0.25, -0.2) is 8.42 Å². The lowest BCUT2D eigenvalue weighted by atomic mass is 9.98. The van der Waals surface area contributed by atoms with Gasteiger partial charge in [0, 0.05) is 12.8 Å². The number of hydrogen-bond donors (Lipinski definition) is 0. The Morgan fingerprint density at radius 1 is 1.05 bits per heavy atom. The molecule has 0 N–H and O–H groups in total. The molecule has 0 saturated heterocycles. The topological polar surface area (TPSA) is 34.1 Å². The molecule has 1 aliphatic carbocycles. The van der Waals surface area contributed by atoms with Crippen molar-refractivity contribution >= 4 is 31.7 Å². The highest BCUT2D eigenvalue weighted by atomic mass is 35.5. The maximum Gasteiger partial charge on any atom is 0.288 e. The predicted octanol–water partition coefficient (Wildman–Crippen LogP) is 4.86. The molecule has 1 saturated carbocycles. The van der Waals surface area contributed by atoms with Gasteiger partial charge in [0.05, 0.1) is 4.90 Å². The van der Waals surface area contributed by atoms with Crippen molar-refractivity contribution < 1.29 is 27.8 Å². The summed E-state index contributed by atoms with van der Waals surface area (Å²) in [6.07, 6.45) is -2.66. The first-order valence-corrected chi connectivity index (χ1v) is 9.25. The maximum absolute atomic E-state index is 12.5.